The van der Waals surface area contributed by atoms with Crippen LogP contribution in [0.1, 0.15) is 21.8 Å². The van der Waals surface area contributed by atoms with Crippen LogP contribution >= 0.6 is 11.6 Å². The minimum absolute atomic E-state index is 0.196. The molecule has 0 radical (unpaired) electrons. The number of carbonyl (C=O) groups is 1. The third-order valence-corrected chi connectivity index (χ3v) is 2.17. The van der Waals surface area contributed by atoms with E-state index in [1.165, 1.54) is 0 Å². The molecule has 1 N–H and O–H groups in total. The number of halogens is 1. The summed E-state index contributed by atoms with van der Waals surface area (Å²) < 4.78 is 5.14. The largest absolute Gasteiger partial charge is 0.469 e. The molecule has 5 heteroatoms. The number of hydrogen-bond acceptors (Lipinski definition) is 3. The average molecular weight is 211 g/mol. The molecule has 0 saturated carbocycles. The topological polar surface area (TPSA) is 58.9 Å². The van der Waals surface area contributed by atoms with E-state index in [1.807, 2.05) is 6.07 Å². The maximum Gasteiger partial charge on any atom is 0.161 e. The number of nitrogens with zero attached hydrogens (tertiary/aromatic N) is 1. The van der Waals surface area contributed by atoms with Crippen molar-refractivity contribution in [3.8, 4) is 0 Å². The van der Waals surface area contributed by atoms with Crippen LogP contribution in [-0.4, -0.2) is 16.5 Å². The number of hydrogen-bond donors (Lipinski definition) is 1. The van der Waals surface area contributed by atoms with E-state index in [1.54, 1.807) is 12.3 Å². The lowest BCUT2D eigenvalue weighted by atomic mass is 10.2. The summed E-state index contributed by atoms with van der Waals surface area (Å²) in [4.78, 5) is 10.7. The number of carbonyl (C=O) groups excluding carboxylic acids is 1. The lowest BCUT2D eigenvalue weighted by Gasteiger charge is -1.93. The molecule has 0 atom stereocenters. The molecule has 0 fully saturated rings. The van der Waals surface area contributed by atoms with Crippen LogP contribution in [0.25, 0.3) is 0 Å². The van der Waals surface area contributed by atoms with E-state index < -0.39 is 0 Å². The molecule has 0 aliphatic heterocycles. The second-order valence-corrected chi connectivity index (χ2v) is 3.14. The highest BCUT2D eigenvalue weighted by Crippen LogP contribution is 2.17. The van der Waals surface area contributed by atoms with Gasteiger partial charge in [0.15, 0.2) is 11.4 Å². The Morgan fingerprint density at radius 3 is 3.14 bits per heavy atom. The molecule has 0 aliphatic carbocycles. The van der Waals surface area contributed by atoms with Crippen LogP contribution in [0.3, 0.4) is 0 Å². The van der Waals surface area contributed by atoms with E-state index in [0.29, 0.717) is 24.0 Å². The maximum atomic E-state index is 10.7. The minimum atomic E-state index is 0.196. The van der Waals surface area contributed by atoms with Gasteiger partial charge in [-0.3, -0.25) is 9.89 Å². The van der Waals surface area contributed by atoms with Crippen LogP contribution in [0.5, 0.6) is 0 Å². The molecule has 2 aromatic rings. The normalized spacial score (nSPS) is 10.4. The van der Waals surface area contributed by atoms with Crippen molar-refractivity contribution in [2.45, 2.75) is 6.42 Å². The van der Waals surface area contributed by atoms with Crippen LogP contribution in [0, 0.1) is 0 Å². The molecule has 0 amide bonds. The zero-order valence-electron chi connectivity index (χ0n) is 7.16. The molecular formula is C9H7ClN2O2. The summed E-state index contributed by atoms with van der Waals surface area (Å²) in [6, 6.07) is 3.61. The number of aldehydes is 1. The van der Waals surface area contributed by atoms with Gasteiger partial charge >= 0.3 is 0 Å². The minimum Gasteiger partial charge on any atom is -0.469 e. The Morgan fingerprint density at radius 2 is 2.50 bits per heavy atom. The van der Waals surface area contributed by atoms with E-state index in [-0.39, 0.29) is 5.15 Å². The van der Waals surface area contributed by atoms with Gasteiger partial charge in [0.1, 0.15) is 5.76 Å². The molecule has 0 bridgehead atoms. The molecule has 4 nitrogen and oxygen atoms in total. The molecule has 72 valence electrons. The summed E-state index contributed by atoms with van der Waals surface area (Å²) in [6.07, 6.45) is 2.75. The van der Waals surface area contributed by atoms with Crippen molar-refractivity contribution >= 4 is 17.9 Å². The number of aromatic nitrogens is 2. The van der Waals surface area contributed by atoms with Gasteiger partial charge in [0.2, 0.25) is 0 Å². The lowest BCUT2D eigenvalue weighted by molar-refractivity contribution is 0.112. The van der Waals surface area contributed by atoms with Crippen molar-refractivity contribution in [1.82, 2.24) is 10.2 Å². The fraction of sp³-hybridized carbons (Fsp3) is 0.111. The summed E-state index contributed by atoms with van der Waals surface area (Å²) in [5, 5.41) is 6.62. The average Bonchev–Trinajstić information content (AvgIpc) is 2.77. The Bertz CT molecular complexity index is 434. The summed E-state index contributed by atoms with van der Waals surface area (Å²) in [5.74, 6) is 0.758. The quantitative estimate of drug-likeness (QED) is 0.789. The number of H-pyrrole nitrogens is 1. The Balaban J connectivity index is 2.29. The first-order chi connectivity index (χ1) is 6.81. The first-order valence-corrected chi connectivity index (χ1v) is 4.39. The van der Waals surface area contributed by atoms with Gasteiger partial charge in [-0.2, -0.15) is 5.10 Å². The Labute approximate surface area is 84.9 Å². The fourth-order valence-electron chi connectivity index (χ4n) is 1.20. The zero-order chi connectivity index (χ0) is 9.97. The van der Waals surface area contributed by atoms with Crippen molar-refractivity contribution in [1.29, 1.82) is 0 Å². The molecule has 2 rings (SSSR count). The predicted molar refractivity (Wildman–Crippen MR) is 50.5 cm³/mol. The predicted octanol–water partition coefficient (Wildman–Crippen LogP) is 2.06. The van der Waals surface area contributed by atoms with E-state index in [9.17, 15) is 4.79 Å². The van der Waals surface area contributed by atoms with E-state index in [2.05, 4.69) is 10.2 Å². The summed E-state index contributed by atoms with van der Waals surface area (Å²) in [5.41, 5.74) is 1.06. The van der Waals surface area contributed by atoms with Gasteiger partial charge in [-0.05, 0) is 12.1 Å². The third-order valence-electron chi connectivity index (χ3n) is 1.89. The van der Waals surface area contributed by atoms with E-state index in [0.717, 1.165) is 5.76 Å². The molecule has 0 aromatic carbocycles. The molecule has 14 heavy (non-hydrogen) atoms. The van der Waals surface area contributed by atoms with Crippen LogP contribution in [0.15, 0.2) is 22.8 Å². The zero-order valence-corrected chi connectivity index (χ0v) is 7.91. The lowest BCUT2D eigenvalue weighted by Crippen LogP contribution is -1.91. The van der Waals surface area contributed by atoms with Gasteiger partial charge in [0.25, 0.3) is 0 Å². The van der Waals surface area contributed by atoms with Gasteiger partial charge in [0, 0.05) is 6.42 Å². The first kappa shape index (κ1) is 9.02. The van der Waals surface area contributed by atoms with Gasteiger partial charge in [0.05, 0.1) is 17.5 Å². The first-order valence-electron chi connectivity index (χ1n) is 4.01. The number of nitrogens with one attached hydrogen (secondary N) is 1. The SMILES string of the molecule is O=Cc1c(Cl)n[nH]c1Cc1ccco1. The monoisotopic (exact) mass is 210 g/mol. The highest BCUT2D eigenvalue weighted by molar-refractivity contribution is 6.31. The van der Waals surface area contributed by atoms with Crippen LogP contribution in [0.4, 0.5) is 0 Å². The van der Waals surface area contributed by atoms with Crippen molar-refractivity contribution < 1.29 is 9.21 Å². The van der Waals surface area contributed by atoms with Gasteiger partial charge < -0.3 is 4.42 Å². The van der Waals surface area contributed by atoms with Crippen LogP contribution in [0.2, 0.25) is 5.15 Å². The number of rotatable bonds is 3. The van der Waals surface area contributed by atoms with Gasteiger partial charge in [-0.1, -0.05) is 11.6 Å². The van der Waals surface area contributed by atoms with Crippen molar-refractivity contribution in [3.05, 3.63) is 40.6 Å². The Morgan fingerprint density at radius 1 is 1.64 bits per heavy atom. The second-order valence-electron chi connectivity index (χ2n) is 2.78. The molecule has 2 heterocycles. The Hall–Kier alpha value is -1.55. The summed E-state index contributed by atoms with van der Waals surface area (Å²) in [7, 11) is 0. The molecular weight excluding hydrogens is 204 g/mol. The third kappa shape index (κ3) is 1.56. The molecule has 0 saturated heterocycles. The van der Waals surface area contributed by atoms with Crippen molar-refractivity contribution in [2.24, 2.45) is 0 Å². The van der Waals surface area contributed by atoms with Crippen LogP contribution in [-0.2, 0) is 6.42 Å². The molecule has 0 spiro atoms. The van der Waals surface area contributed by atoms with E-state index in [4.69, 9.17) is 16.0 Å². The highest BCUT2D eigenvalue weighted by atomic mass is 35.5. The van der Waals surface area contributed by atoms with Gasteiger partial charge in [-0.25, -0.2) is 0 Å². The molecule has 0 aliphatic rings. The standard InChI is InChI=1S/C9H7ClN2O2/c10-9-7(5-13)8(11-12-9)4-6-2-1-3-14-6/h1-3,5H,4H2,(H,11,12). The number of aromatic amines is 1. The summed E-state index contributed by atoms with van der Waals surface area (Å²) in [6.45, 7) is 0. The summed E-state index contributed by atoms with van der Waals surface area (Å²) >= 11 is 5.68. The number of furan rings is 1. The smallest absolute Gasteiger partial charge is 0.161 e. The molecule has 0 unspecified atom stereocenters. The van der Waals surface area contributed by atoms with Crippen LogP contribution < -0.4 is 0 Å². The fourth-order valence-corrected chi connectivity index (χ4v) is 1.40. The van der Waals surface area contributed by atoms with E-state index >= 15 is 0 Å². The Kier molecular flexibility index (Phi) is 2.37. The highest BCUT2D eigenvalue weighted by Gasteiger charge is 2.11. The van der Waals surface area contributed by atoms with Crippen molar-refractivity contribution in [2.75, 3.05) is 0 Å². The van der Waals surface area contributed by atoms with Gasteiger partial charge in [-0.15, -0.1) is 0 Å². The maximum absolute atomic E-state index is 10.7. The second kappa shape index (κ2) is 3.67. The van der Waals surface area contributed by atoms with Crippen molar-refractivity contribution in [3.63, 3.8) is 0 Å². The molecule has 2 aromatic heterocycles.